The summed E-state index contributed by atoms with van der Waals surface area (Å²) in [5.74, 6) is 0. The minimum atomic E-state index is -0.457. The lowest BCUT2D eigenvalue weighted by Crippen LogP contribution is -2.11. The molecule has 0 radical (unpaired) electrons. The van der Waals surface area contributed by atoms with Gasteiger partial charge in [0.2, 0.25) is 0 Å². The Balaban J connectivity index is 3.22. The molecule has 0 aromatic heterocycles. The van der Waals surface area contributed by atoms with Crippen molar-refractivity contribution in [1.29, 1.82) is 0 Å². The van der Waals surface area contributed by atoms with Crippen LogP contribution < -0.4 is 0 Å². The molecule has 4 heteroatoms. The third-order valence-electron chi connectivity index (χ3n) is 4.06. The highest BCUT2D eigenvalue weighted by Crippen LogP contribution is 2.12. The zero-order valence-corrected chi connectivity index (χ0v) is 16.8. The van der Waals surface area contributed by atoms with Crippen LogP contribution in [0.2, 0.25) is 37.3 Å². The van der Waals surface area contributed by atoms with Crippen LogP contribution in [-0.2, 0) is 9.47 Å². The van der Waals surface area contributed by atoms with Crippen molar-refractivity contribution in [2.24, 2.45) is 0 Å². The standard InChI is InChI=1S/C16H38O2Si2/c1-5-17-11-15-19(3)13-9-7-8-10-14-20(4)16-12-18-6-2/h19-20H,5-16H2,1-4H3. The first-order valence-corrected chi connectivity index (χ1v) is 14.4. The fourth-order valence-corrected chi connectivity index (χ4v) is 6.17. The highest BCUT2D eigenvalue weighted by Gasteiger charge is 2.05. The zero-order valence-electron chi connectivity index (χ0n) is 14.5. The second-order valence-electron chi connectivity index (χ2n) is 6.17. The van der Waals surface area contributed by atoms with Crippen molar-refractivity contribution in [2.45, 2.75) is 76.8 Å². The SMILES string of the molecule is CCOCC[SiH](C)CCCCCC[SiH](C)CCOCC. The summed E-state index contributed by atoms with van der Waals surface area (Å²) in [4.78, 5) is 0. The Morgan fingerprint density at radius 3 is 1.35 bits per heavy atom. The second-order valence-corrected chi connectivity index (χ2v) is 12.9. The van der Waals surface area contributed by atoms with Crippen molar-refractivity contribution in [2.75, 3.05) is 26.4 Å². The number of ether oxygens (including phenoxy) is 2. The summed E-state index contributed by atoms with van der Waals surface area (Å²) < 4.78 is 10.9. The van der Waals surface area contributed by atoms with Gasteiger partial charge in [-0.15, -0.1) is 0 Å². The van der Waals surface area contributed by atoms with Crippen molar-refractivity contribution in [3.8, 4) is 0 Å². The summed E-state index contributed by atoms with van der Waals surface area (Å²) in [6, 6.07) is 5.78. The molecule has 0 fully saturated rings. The average Bonchev–Trinajstić information content (AvgIpc) is 2.43. The summed E-state index contributed by atoms with van der Waals surface area (Å²) >= 11 is 0. The van der Waals surface area contributed by atoms with Crippen molar-refractivity contribution in [3.05, 3.63) is 0 Å². The van der Waals surface area contributed by atoms with E-state index in [1.165, 1.54) is 49.9 Å². The third kappa shape index (κ3) is 14.8. The molecule has 2 nitrogen and oxygen atoms in total. The first kappa shape index (κ1) is 20.4. The Morgan fingerprint density at radius 2 is 1.00 bits per heavy atom. The molecule has 0 aliphatic heterocycles. The van der Waals surface area contributed by atoms with Gasteiger partial charge in [-0.1, -0.05) is 50.9 Å². The Kier molecular flexibility index (Phi) is 16.0. The van der Waals surface area contributed by atoms with E-state index >= 15 is 0 Å². The number of hydrogen-bond acceptors (Lipinski definition) is 2. The Labute approximate surface area is 130 Å². The third-order valence-corrected chi connectivity index (χ3v) is 9.29. The maximum Gasteiger partial charge on any atom is 0.0439 e. The molecule has 0 saturated carbocycles. The smallest absolute Gasteiger partial charge is 0.0439 e. The molecular weight excluding hydrogens is 280 g/mol. The van der Waals surface area contributed by atoms with Crippen molar-refractivity contribution < 1.29 is 9.47 Å². The van der Waals surface area contributed by atoms with Gasteiger partial charge in [-0.05, 0) is 25.9 Å². The number of unbranched alkanes of at least 4 members (excludes halogenated alkanes) is 3. The Bertz CT molecular complexity index is 171. The molecule has 0 aromatic rings. The lowest BCUT2D eigenvalue weighted by atomic mass is 10.2. The van der Waals surface area contributed by atoms with Gasteiger partial charge in [0.25, 0.3) is 0 Å². The van der Waals surface area contributed by atoms with Crippen LogP contribution in [0.5, 0.6) is 0 Å². The maximum atomic E-state index is 5.44. The normalized spacial score (nSPS) is 14.4. The fraction of sp³-hybridized carbons (Fsp3) is 1.00. The van der Waals surface area contributed by atoms with Crippen LogP contribution in [0.15, 0.2) is 0 Å². The van der Waals surface area contributed by atoms with E-state index in [1.807, 2.05) is 0 Å². The van der Waals surface area contributed by atoms with E-state index in [2.05, 4.69) is 26.9 Å². The maximum absolute atomic E-state index is 5.44. The molecule has 2 unspecified atom stereocenters. The summed E-state index contributed by atoms with van der Waals surface area (Å²) in [6.07, 6.45) is 5.85. The van der Waals surface area contributed by atoms with Gasteiger partial charge in [0.15, 0.2) is 0 Å². The lowest BCUT2D eigenvalue weighted by molar-refractivity contribution is 0.161. The molecule has 2 atom stereocenters. The van der Waals surface area contributed by atoms with Crippen LogP contribution in [0.4, 0.5) is 0 Å². The predicted molar refractivity (Wildman–Crippen MR) is 96.7 cm³/mol. The predicted octanol–water partition coefficient (Wildman–Crippen LogP) is 4.33. The molecule has 20 heavy (non-hydrogen) atoms. The largest absolute Gasteiger partial charge is 0.382 e. The number of hydrogen-bond donors (Lipinski definition) is 0. The van der Waals surface area contributed by atoms with Gasteiger partial charge in [0, 0.05) is 44.0 Å². The summed E-state index contributed by atoms with van der Waals surface area (Å²) in [6.45, 7) is 13.0. The molecule has 122 valence electrons. The van der Waals surface area contributed by atoms with Crippen molar-refractivity contribution in [1.82, 2.24) is 0 Å². The molecule has 0 aromatic carbocycles. The molecule has 0 rings (SSSR count). The van der Waals surface area contributed by atoms with Gasteiger partial charge < -0.3 is 9.47 Å². The Morgan fingerprint density at radius 1 is 0.600 bits per heavy atom. The van der Waals surface area contributed by atoms with Gasteiger partial charge in [0.05, 0.1) is 0 Å². The van der Waals surface area contributed by atoms with Crippen LogP contribution in [-0.4, -0.2) is 44.0 Å². The van der Waals surface area contributed by atoms with Crippen LogP contribution >= 0.6 is 0 Å². The lowest BCUT2D eigenvalue weighted by Gasteiger charge is -2.11. The molecule has 0 aliphatic rings. The van der Waals surface area contributed by atoms with Crippen molar-refractivity contribution >= 4 is 17.6 Å². The van der Waals surface area contributed by atoms with Gasteiger partial charge in [-0.2, -0.15) is 0 Å². The van der Waals surface area contributed by atoms with Crippen LogP contribution in [0.1, 0.15) is 39.5 Å². The fourth-order valence-electron chi connectivity index (χ4n) is 2.49. The Hall–Kier alpha value is 0.354. The van der Waals surface area contributed by atoms with E-state index in [0.717, 1.165) is 26.4 Å². The molecule has 0 amide bonds. The van der Waals surface area contributed by atoms with E-state index in [4.69, 9.17) is 9.47 Å². The first-order valence-electron chi connectivity index (χ1n) is 8.86. The highest BCUT2D eigenvalue weighted by molar-refractivity contribution is 6.57. The molecule has 0 spiro atoms. The zero-order chi connectivity index (χ0) is 15.1. The van der Waals surface area contributed by atoms with Crippen molar-refractivity contribution in [3.63, 3.8) is 0 Å². The molecule has 0 bridgehead atoms. The van der Waals surface area contributed by atoms with Gasteiger partial charge in [0.1, 0.15) is 0 Å². The summed E-state index contributed by atoms with van der Waals surface area (Å²) in [5, 5.41) is 0. The van der Waals surface area contributed by atoms with Gasteiger partial charge in [-0.25, -0.2) is 0 Å². The molecule has 0 heterocycles. The van der Waals surface area contributed by atoms with Crippen LogP contribution in [0.25, 0.3) is 0 Å². The quantitative estimate of drug-likeness (QED) is 0.330. The minimum absolute atomic E-state index is 0.457. The van der Waals surface area contributed by atoms with E-state index in [-0.39, 0.29) is 0 Å². The topological polar surface area (TPSA) is 18.5 Å². The van der Waals surface area contributed by atoms with Crippen LogP contribution in [0, 0.1) is 0 Å². The van der Waals surface area contributed by atoms with E-state index < -0.39 is 17.6 Å². The average molecular weight is 319 g/mol. The minimum Gasteiger partial charge on any atom is -0.382 e. The van der Waals surface area contributed by atoms with Crippen LogP contribution in [0.3, 0.4) is 0 Å². The highest BCUT2D eigenvalue weighted by atomic mass is 28.3. The molecule has 0 aliphatic carbocycles. The van der Waals surface area contributed by atoms with Gasteiger partial charge >= 0.3 is 0 Å². The monoisotopic (exact) mass is 318 g/mol. The molecular formula is C16H38O2Si2. The first-order chi connectivity index (χ1) is 9.70. The molecule has 0 N–H and O–H groups in total. The van der Waals surface area contributed by atoms with E-state index in [1.54, 1.807) is 0 Å². The van der Waals surface area contributed by atoms with E-state index in [9.17, 15) is 0 Å². The summed E-state index contributed by atoms with van der Waals surface area (Å²) in [5.41, 5.74) is 0. The molecule has 0 saturated heterocycles. The summed E-state index contributed by atoms with van der Waals surface area (Å²) in [7, 11) is -0.914. The number of rotatable bonds is 15. The van der Waals surface area contributed by atoms with Gasteiger partial charge in [-0.3, -0.25) is 0 Å². The second kappa shape index (κ2) is 15.7. The van der Waals surface area contributed by atoms with E-state index in [0.29, 0.717) is 0 Å².